The molecule has 0 N–H and O–H groups in total. The largest absolute Gasteiger partial charge is 0.496 e. The van der Waals surface area contributed by atoms with Crippen LogP contribution in [0, 0.1) is 6.92 Å². The van der Waals surface area contributed by atoms with Crippen LogP contribution in [0.3, 0.4) is 0 Å². The Kier molecular flexibility index (Phi) is 3.59. The summed E-state index contributed by atoms with van der Waals surface area (Å²) in [6.07, 6.45) is 0.393. The van der Waals surface area contributed by atoms with Crippen LogP contribution in [0.15, 0.2) is 36.4 Å². The van der Waals surface area contributed by atoms with Crippen molar-refractivity contribution in [3.63, 3.8) is 0 Å². The van der Waals surface area contributed by atoms with Gasteiger partial charge >= 0.3 is 0 Å². The van der Waals surface area contributed by atoms with Crippen molar-refractivity contribution in [1.29, 1.82) is 0 Å². The van der Waals surface area contributed by atoms with Crippen LogP contribution in [0.4, 0.5) is 0 Å². The number of benzene rings is 1. The van der Waals surface area contributed by atoms with Crippen LogP contribution in [0.5, 0.6) is 5.75 Å². The van der Waals surface area contributed by atoms with Crippen molar-refractivity contribution >= 4 is 17.1 Å². The lowest BCUT2D eigenvalue weighted by molar-refractivity contribution is 0.0996. The molecule has 3 heteroatoms. The summed E-state index contributed by atoms with van der Waals surface area (Å²) in [6, 6.07) is 11.5. The predicted molar refractivity (Wildman–Crippen MR) is 70.1 cm³/mol. The summed E-state index contributed by atoms with van der Waals surface area (Å²) in [5.41, 5.74) is 0.936. The molecule has 0 saturated heterocycles. The van der Waals surface area contributed by atoms with Crippen LogP contribution >= 0.6 is 11.3 Å². The Hall–Kier alpha value is -1.61. The van der Waals surface area contributed by atoms with E-state index in [1.165, 1.54) is 11.3 Å². The van der Waals surface area contributed by atoms with Crippen LogP contribution in [-0.2, 0) is 6.42 Å². The molecule has 0 radical (unpaired) electrons. The number of ketones is 1. The Morgan fingerprint density at radius 2 is 2.00 bits per heavy atom. The molecule has 0 unspecified atom stereocenters. The topological polar surface area (TPSA) is 26.3 Å². The molecule has 2 nitrogen and oxygen atoms in total. The summed E-state index contributed by atoms with van der Waals surface area (Å²) in [6.45, 7) is 2.00. The quantitative estimate of drug-likeness (QED) is 0.772. The van der Waals surface area contributed by atoms with E-state index < -0.39 is 0 Å². The average molecular weight is 246 g/mol. The first-order chi connectivity index (χ1) is 8.20. The summed E-state index contributed by atoms with van der Waals surface area (Å²) in [4.78, 5) is 14.0. The number of carbonyl (C=O) groups excluding carboxylic acids is 1. The smallest absolute Gasteiger partial charge is 0.177 e. The number of rotatable bonds is 4. The maximum Gasteiger partial charge on any atom is 0.177 e. The van der Waals surface area contributed by atoms with E-state index in [9.17, 15) is 4.79 Å². The molecule has 0 aliphatic carbocycles. The van der Waals surface area contributed by atoms with Crippen LogP contribution in [0.25, 0.3) is 0 Å². The minimum atomic E-state index is 0.146. The van der Waals surface area contributed by atoms with E-state index in [1.807, 2.05) is 43.3 Å². The molecule has 2 aromatic rings. The Bertz CT molecular complexity index is 529. The highest BCUT2D eigenvalue weighted by molar-refractivity contribution is 7.14. The van der Waals surface area contributed by atoms with E-state index in [4.69, 9.17) is 4.74 Å². The first-order valence-corrected chi connectivity index (χ1v) is 6.24. The molecule has 0 aliphatic heterocycles. The third-order valence-corrected chi connectivity index (χ3v) is 3.60. The second-order valence-electron chi connectivity index (χ2n) is 3.82. The lowest BCUT2D eigenvalue weighted by Crippen LogP contribution is -2.02. The summed E-state index contributed by atoms with van der Waals surface area (Å²) >= 11 is 1.54. The second-order valence-corrected chi connectivity index (χ2v) is 5.11. The van der Waals surface area contributed by atoms with Gasteiger partial charge in [-0.05, 0) is 25.1 Å². The molecule has 2 rings (SSSR count). The third kappa shape index (κ3) is 2.74. The Labute approximate surface area is 105 Å². The lowest BCUT2D eigenvalue weighted by atomic mass is 10.1. The van der Waals surface area contributed by atoms with Crippen LogP contribution in [-0.4, -0.2) is 12.9 Å². The molecule has 1 aromatic carbocycles. The predicted octanol–water partition coefficient (Wildman–Crippen LogP) is 3.49. The van der Waals surface area contributed by atoms with E-state index in [2.05, 4.69) is 0 Å². The summed E-state index contributed by atoms with van der Waals surface area (Å²) in [5, 5.41) is 0. The Balaban J connectivity index is 2.18. The molecule has 0 saturated carbocycles. The molecule has 0 bridgehead atoms. The number of hydrogen-bond acceptors (Lipinski definition) is 3. The standard InChI is InChI=1S/C14H14O2S/c1-10-7-8-14(17-10)12(15)9-11-5-3-4-6-13(11)16-2/h3-8H,9H2,1-2H3. The van der Waals surface area contributed by atoms with E-state index in [-0.39, 0.29) is 5.78 Å². The van der Waals surface area contributed by atoms with Crippen molar-refractivity contribution in [2.45, 2.75) is 13.3 Å². The number of hydrogen-bond donors (Lipinski definition) is 0. The number of aryl methyl sites for hydroxylation is 1. The van der Waals surface area contributed by atoms with Gasteiger partial charge in [-0.1, -0.05) is 18.2 Å². The highest BCUT2D eigenvalue weighted by atomic mass is 32.1. The average Bonchev–Trinajstić information content (AvgIpc) is 2.77. The summed E-state index contributed by atoms with van der Waals surface area (Å²) in [5.74, 6) is 0.918. The van der Waals surface area contributed by atoms with Gasteiger partial charge in [-0.25, -0.2) is 0 Å². The molecule has 1 heterocycles. The first kappa shape index (κ1) is 11.9. The van der Waals surface area contributed by atoms with Crippen LogP contribution in [0.1, 0.15) is 20.1 Å². The number of ether oxygens (including phenoxy) is 1. The monoisotopic (exact) mass is 246 g/mol. The van der Waals surface area contributed by atoms with Gasteiger partial charge in [-0.3, -0.25) is 4.79 Å². The van der Waals surface area contributed by atoms with Gasteiger partial charge in [0.05, 0.1) is 12.0 Å². The molecule has 0 aliphatic rings. The van der Waals surface area contributed by atoms with Gasteiger partial charge in [0.15, 0.2) is 5.78 Å². The molecule has 0 fully saturated rings. The number of thiophene rings is 1. The fraction of sp³-hybridized carbons (Fsp3) is 0.214. The molecular formula is C14H14O2S. The van der Waals surface area contributed by atoms with Crippen LogP contribution < -0.4 is 4.74 Å². The number of methoxy groups -OCH3 is 1. The molecule has 0 spiro atoms. The minimum absolute atomic E-state index is 0.146. The van der Waals surface area contributed by atoms with Crippen molar-refractivity contribution in [3.05, 3.63) is 51.7 Å². The Morgan fingerprint density at radius 1 is 1.24 bits per heavy atom. The summed E-state index contributed by atoms with van der Waals surface area (Å²) in [7, 11) is 1.62. The van der Waals surface area contributed by atoms with Gasteiger partial charge < -0.3 is 4.74 Å². The molecule has 0 atom stereocenters. The third-order valence-electron chi connectivity index (χ3n) is 2.56. The van der Waals surface area contributed by atoms with Gasteiger partial charge in [0.2, 0.25) is 0 Å². The molecule has 17 heavy (non-hydrogen) atoms. The van der Waals surface area contributed by atoms with Gasteiger partial charge in [-0.2, -0.15) is 0 Å². The zero-order valence-electron chi connectivity index (χ0n) is 9.90. The van der Waals surface area contributed by atoms with Crippen molar-refractivity contribution in [2.75, 3.05) is 7.11 Å². The van der Waals surface area contributed by atoms with Crippen molar-refractivity contribution < 1.29 is 9.53 Å². The fourth-order valence-corrected chi connectivity index (χ4v) is 2.50. The second kappa shape index (κ2) is 5.15. The highest BCUT2D eigenvalue weighted by Gasteiger charge is 2.11. The SMILES string of the molecule is COc1ccccc1CC(=O)c1ccc(C)s1. The minimum Gasteiger partial charge on any atom is -0.496 e. The number of carbonyl (C=O) groups is 1. The number of para-hydroxylation sites is 1. The maximum absolute atomic E-state index is 12.1. The van der Waals surface area contributed by atoms with E-state index >= 15 is 0 Å². The van der Waals surface area contributed by atoms with Crippen molar-refractivity contribution in [3.8, 4) is 5.75 Å². The van der Waals surface area contributed by atoms with Gasteiger partial charge in [0, 0.05) is 16.9 Å². The van der Waals surface area contributed by atoms with E-state index in [1.54, 1.807) is 7.11 Å². The molecule has 0 amide bonds. The van der Waals surface area contributed by atoms with Gasteiger partial charge in [0.1, 0.15) is 5.75 Å². The van der Waals surface area contributed by atoms with E-state index in [0.29, 0.717) is 6.42 Å². The Morgan fingerprint density at radius 3 is 2.65 bits per heavy atom. The zero-order chi connectivity index (χ0) is 12.3. The van der Waals surface area contributed by atoms with Crippen molar-refractivity contribution in [2.24, 2.45) is 0 Å². The molecular weight excluding hydrogens is 232 g/mol. The van der Waals surface area contributed by atoms with Crippen molar-refractivity contribution in [1.82, 2.24) is 0 Å². The normalized spacial score (nSPS) is 10.2. The maximum atomic E-state index is 12.1. The highest BCUT2D eigenvalue weighted by Crippen LogP contribution is 2.22. The van der Waals surface area contributed by atoms with Gasteiger partial charge in [0.25, 0.3) is 0 Å². The summed E-state index contributed by atoms with van der Waals surface area (Å²) < 4.78 is 5.24. The van der Waals surface area contributed by atoms with E-state index in [0.717, 1.165) is 21.1 Å². The fourth-order valence-electron chi connectivity index (χ4n) is 1.69. The number of Topliss-reactive ketones (excluding diaryl/α,β-unsaturated/α-hetero) is 1. The zero-order valence-corrected chi connectivity index (χ0v) is 10.7. The molecule has 1 aromatic heterocycles. The van der Waals surface area contributed by atoms with Crippen LogP contribution in [0.2, 0.25) is 0 Å². The molecule has 88 valence electrons. The lowest BCUT2D eigenvalue weighted by Gasteiger charge is -2.06. The first-order valence-electron chi connectivity index (χ1n) is 5.42. The van der Waals surface area contributed by atoms with Gasteiger partial charge in [-0.15, -0.1) is 11.3 Å².